The summed E-state index contributed by atoms with van der Waals surface area (Å²) in [5, 5.41) is 4.24. The van der Waals surface area contributed by atoms with Gasteiger partial charge in [0.15, 0.2) is 0 Å². The molecule has 0 radical (unpaired) electrons. The van der Waals surface area contributed by atoms with Crippen LogP contribution < -0.4 is 0 Å². The summed E-state index contributed by atoms with van der Waals surface area (Å²) in [6.45, 7) is 2.71. The van der Waals surface area contributed by atoms with Crippen molar-refractivity contribution < 1.29 is 4.79 Å². The first-order valence-electron chi connectivity index (χ1n) is 7.62. The van der Waals surface area contributed by atoms with Gasteiger partial charge in [0, 0.05) is 45.3 Å². The average Bonchev–Trinajstić information content (AvgIpc) is 3.16. The molecule has 21 heavy (non-hydrogen) atoms. The number of piperidine rings is 1. The number of hydrogen-bond acceptors (Lipinski definition) is 2. The van der Waals surface area contributed by atoms with E-state index in [-0.39, 0.29) is 5.91 Å². The molecule has 5 heteroatoms. The van der Waals surface area contributed by atoms with Gasteiger partial charge in [-0.2, -0.15) is 5.10 Å². The van der Waals surface area contributed by atoms with Crippen molar-refractivity contribution in [1.29, 1.82) is 0 Å². The van der Waals surface area contributed by atoms with Crippen molar-refractivity contribution >= 4 is 5.91 Å². The van der Waals surface area contributed by atoms with Crippen LogP contribution in [0.3, 0.4) is 0 Å². The summed E-state index contributed by atoms with van der Waals surface area (Å²) in [6, 6.07) is 5.78. The van der Waals surface area contributed by atoms with Crippen LogP contribution in [0.2, 0.25) is 0 Å². The van der Waals surface area contributed by atoms with E-state index in [1.165, 1.54) is 0 Å². The molecule has 5 nitrogen and oxygen atoms in total. The van der Waals surface area contributed by atoms with Crippen LogP contribution >= 0.6 is 0 Å². The highest BCUT2D eigenvalue weighted by molar-refractivity contribution is 5.92. The van der Waals surface area contributed by atoms with Gasteiger partial charge in [0.2, 0.25) is 0 Å². The van der Waals surface area contributed by atoms with E-state index in [1.54, 1.807) is 0 Å². The molecule has 3 heterocycles. The van der Waals surface area contributed by atoms with Crippen molar-refractivity contribution in [3.8, 4) is 0 Å². The van der Waals surface area contributed by atoms with E-state index in [0.717, 1.165) is 44.6 Å². The zero-order valence-corrected chi connectivity index (χ0v) is 12.5. The number of aromatic nitrogens is 3. The summed E-state index contributed by atoms with van der Waals surface area (Å²) >= 11 is 0. The first kappa shape index (κ1) is 13.9. The minimum atomic E-state index is 0.160. The molecule has 1 aliphatic rings. The third-order valence-corrected chi connectivity index (χ3v) is 4.39. The number of carbonyl (C=O) groups excluding carboxylic acids is 1. The Morgan fingerprint density at radius 3 is 2.71 bits per heavy atom. The van der Waals surface area contributed by atoms with Crippen molar-refractivity contribution in [1.82, 2.24) is 19.2 Å². The lowest BCUT2D eigenvalue weighted by atomic mass is 9.93. The fourth-order valence-electron chi connectivity index (χ4n) is 3.02. The van der Waals surface area contributed by atoms with E-state index >= 15 is 0 Å². The number of likely N-dealkylation sites (tertiary alicyclic amines) is 1. The number of carbonyl (C=O) groups is 1. The molecular formula is C16H22N4O. The molecule has 0 aliphatic carbocycles. The Morgan fingerprint density at radius 2 is 2.10 bits per heavy atom. The predicted octanol–water partition coefficient (Wildman–Crippen LogP) is 2.16. The number of hydrogen-bond donors (Lipinski definition) is 0. The van der Waals surface area contributed by atoms with Crippen LogP contribution in [-0.4, -0.2) is 38.2 Å². The van der Waals surface area contributed by atoms with E-state index in [2.05, 4.69) is 5.10 Å². The third-order valence-electron chi connectivity index (χ3n) is 4.39. The molecule has 1 saturated heterocycles. The van der Waals surface area contributed by atoms with Crippen molar-refractivity contribution in [3.63, 3.8) is 0 Å². The van der Waals surface area contributed by atoms with Crippen LogP contribution in [0.25, 0.3) is 0 Å². The zero-order valence-electron chi connectivity index (χ0n) is 12.5. The summed E-state index contributed by atoms with van der Waals surface area (Å²) in [7, 11) is 1.92. The highest BCUT2D eigenvalue weighted by atomic mass is 16.2. The van der Waals surface area contributed by atoms with Gasteiger partial charge in [-0.05, 0) is 43.4 Å². The average molecular weight is 286 g/mol. The molecule has 112 valence electrons. The van der Waals surface area contributed by atoms with Crippen LogP contribution in [-0.2, 0) is 13.6 Å². The molecule has 0 spiro atoms. The topological polar surface area (TPSA) is 43.1 Å². The minimum Gasteiger partial charge on any atom is -0.347 e. The molecule has 1 amide bonds. The molecule has 0 atom stereocenters. The molecule has 1 aliphatic heterocycles. The van der Waals surface area contributed by atoms with E-state index in [0.29, 0.717) is 5.92 Å². The smallest absolute Gasteiger partial charge is 0.270 e. The van der Waals surface area contributed by atoms with Gasteiger partial charge < -0.3 is 9.47 Å². The highest BCUT2D eigenvalue weighted by Crippen LogP contribution is 2.22. The molecule has 2 aromatic heterocycles. The van der Waals surface area contributed by atoms with Crippen LogP contribution in [0.1, 0.15) is 29.8 Å². The predicted molar refractivity (Wildman–Crippen MR) is 80.9 cm³/mol. The summed E-state index contributed by atoms with van der Waals surface area (Å²) in [6.07, 6.45) is 9.09. The Kier molecular flexibility index (Phi) is 4.08. The highest BCUT2D eigenvalue weighted by Gasteiger charge is 2.24. The molecule has 0 aromatic carbocycles. The molecule has 0 saturated carbocycles. The second kappa shape index (κ2) is 6.16. The second-order valence-corrected chi connectivity index (χ2v) is 5.80. The number of aryl methyl sites for hydroxylation is 2. The van der Waals surface area contributed by atoms with Crippen LogP contribution in [0.15, 0.2) is 36.8 Å². The van der Waals surface area contributed by atoms with Crippen molar-refractivity contribution in [2.75, 3.05) is 13.1 Å². The molecular weight excluding hydrogens is 264 g/mol. The second-order valence-electron chi connectivity index (χ2n) is 5.80. The largest absolute Gasteiger partial charge is 0.347 e. The Labute approximate surface area is 125 Å². The van der Waals surface area contributed by atoms with Crippen LogP contribution in [0.4, 0.5) is 0 Å². The fourth-order valence-corrected chi connectivity index (χ4v) is 3.02. The lowest BCUT2D eigenvalue weighted by Gasteiger charge is -2.32. The number of nitrogens with zero attached hydrogens (tertiary/aromatic N) is 4. The number of rotatable bonds is 4. The molecule has 1 fully saturated rings. The van der Waals surface area contributed by atoms with Crippen LogP contribution in [0.5, 0.6) is 0 Å². The van der Waals surface area contributed by atoms with E-state index in [1.807, 2.05) is 58.0 Å². The van der Waals surface area contributed by atoms with Crippen molar-refractivity contribution in [2.24, 2.45) is 13.0 Å². The monoisotopic (exact) mass is 286 g/mol. The van der Waals surface area contributed by atoms with Gasteiger partial charge >= 0.3 is 0 Å². The maximum absolute atomic E-state index is 12.4. The molecule has 2 aromatic rings. The Bertz CT molecular complexity index is 579. The molecule has 0 N–H and O–H groups in total. The standard InChI is InChI=1S/C16H22N4O/c1-18-9-2-4-15(18)16(21)19-11-5-14(6-12-19)7-13-20-10-3-8-17-20/h2-4,8-10,14H,5-7,11-13H2,1H3. The lowest BCUT2D eigenvalue weighted by Crippen LogP contribution is -2.39. The fraction of sp³-hybridized carbons (Fsp3) is 0.500. The van der Waals surface area contributed by atoms with Crippen molar-refractivity contribution in [3.05, 3.63) is 42.5 Å². The van der Waals surface area contributed by atoms with Crippen molar-refractivity contribution in [2.45, 2.75) is 25.8 Å². The number of amides is 1. The van der Waals surface area contributed by atoms with Gasteiger partial charge in [-0.1, -0.05) is 0 Å². The maximum Gasteiger partial charge on any atom is 0.270 e. The Morgan fingerprint density at radius 1 is 1.29 bits per heavy atom. The summed E-state index contributed by atoms with van der Waals surface area (Å²) in [5.41, 5.74) is 0.782. The van der Waals surface area contributed by atoms with Crippen LogP contribution in [0, 0.1) is 5.92 Å². The summed E-state index contributed by atoms with van der Waals surface area (Å²) in [4.78, 5) is 14.4. The SMILES string of the molecule is Cn1cccc1C(=O)N1CCC(CCn2cccn2)CC1. The van der Waals surface area contributed by atoms with E-state index < -0.39 is 0 Å². The molecule has 0 bridgehead atoms. The lowest BCUT2D eigenvalue weighted by molar-refractivity contribution is 0.0675. The summed E-state index contributed by atoms with van der Waals surface area (Å²) < 4.78 is 3.88. The van der Waals surface area contributed by atoms with E-state index in [4.69, 9.17) is 0 Å². The first-order valence-corrected chi connectivity index (χ1v) is 7.62. The summed E-state index contributed by atoms with van der Waals surface area (Å²) in [5.74, 6) is 0.861. The molecule has 0 unspecified atom stereocenters. The Balaban J connectivity index is 1.49. The van der Waals surface area contributed by atoms with Gasteiger partial charge in [0.1, 0.15) is 5.69 Å². The van der Waals surface area contributed by atoms with Gasteiger partial charge in [-0.3, -0.25) is 9.48 Å². The van der Waals surface area contributed by atoms with Gasteiger partial charge in [-0.25, -0.2) is 0 Å². The van der Waals surface area contributed by atoms with E-state index in [9.17, 15) is 4.79 Å². The zero-order chi connectivity index (χ0) is 14.7. The molecule has 3 rings (SSSR count). The minimum absolute atomic E-state index is 0.160. The quantitative estimate of drug-likeness (QED) is 0.864. The maximum atomic E-state index is 12.4. The normalized spacial score (nSPS) is 16.3. The first-order chi connectivity index (χ1) is 10.2. The Hall–Kier alpha value is -2.04. The van der Waals surface area contributed by atoms with Gasteiger partial charge in [0.05, 0.1) is 0 Å². The van der Waals surface area contributed by atoms with Gasteiger partial charge in [-0.15, -0.1) is 0 Å². The third kappa shape index (κ3) is 3.17. The van der Waals surface area contributed by atoms with Gasteiger partial charge in [0.25, 0.3) is 5.91 Å².